The van der Waals surface area contributed by atoms with E-state index < -0.39 is 0 Å². The molecule has 3 aromatic heterocycles. The minimum atomic E-state index is -0.236. The topological polar surface area (TPSA) is 114 Å². The number of hydrogen-bond donors (Lipinski definition) is 2. The lowest BCUT2D eigenvalue weighted by atomic mass is 10.1. The number of amides is 1. The third kappa shape index (κ3) is 4.23. The van der Waals surface area contributed by atoms with Gasteiger partial charge in [0, 0.05) is 31.3 Å². The van der Waals surface area contributed by atoms with Gasteiger partial charge in [-0.2, -0.15) is 10.1 Å². The number of rotatable bonds is 7. The van der Waals surface area contributed by atoms with Gasteiger partial charge in [-0.15, -0.1) is 0 Å². The van der Waals surface area contributed by atoms with Gasteiger partial charge in [0.25, 0.3) is 0 Å². The summed E-state index contributed by atoms with van der Waals surface area (Å²) < 4.78 is 7.56. The van der Waals surface area contributed by atoms with E-state index in [1.54, 1.807) is 12.4 Å². The molecule has 0 spiro atoms. The first-order chi connectivity index (χ1) is 14.9. The van der Waals surface area contributed by atoms with Crippen molar-refractivity contribution in [3.63, 3.8) is 0 Å². The molecule has 0 aromatic carbocycles. The second-order valence-electron chi connectivity index (χ2n) is 8.07. The molecule has 10 nitrogen and oxygen atoms in total. The smallest absolute Gasteiger partial charge is 0.247 e. The zero-order chi connectivity index (χ0) is 22.1. The van der Waals surface area contributed by atoms with E-state index in [1.807, 2.05) is 50.5 Å². The number of nitrogens with zero attached hydrogens (tertiary/aromatic N) is 6. The number of oxazole rings is 1. The molecule has 1 aliphatic heterocycles. The summed E-state index contributed by atoms with van der Waals surface area (Å²) in [7, 11) is 1.89. The Morgan fingerprint density at radius 1 is 1.29 bits per heavy atom. The van der Waals surface area contributed by atoms with Crippen molar-refractivity contribution in [3.8, 4) is 0 Å². The predicted octanol–water partition coefficient (Wildman–Crippen LogP) is 2.92. The number of carbonyl (C=O) groups excluding carboxylic acids is 1. The van der Waals surface area contributed by atoms with Gasteiger partial charge < -0.3 is 20.0 Å². The molecule has 31 heavy (non-hydrogen) atoms. The average Bonchev–Trinajstić information content (AvgIpc) is 3.38. The van der Waals surface area contributed by atoms with Gasteiger partial charge in [0.2, 0.25) is 11.9 Å². The van der Waals surface area contributed by atoms with E-state index in [9.17, 15) is 4.79 Å². The molecule has 4 heterocycles. The number of likely N-dealkylation sites (N-methyl/N-ethyl adjacent to an activating group) is 1. The molecule has 0 radical (unpaired) electrons. The molecular weight excluding hydrogens is 396 g/mol. The van der Waals surface area contributed by atoms with E-state index in [2.05, 4.69) is 30.7 Å². The van der Waals surface area contributed by atoms with E-state index in [0.717, 1.165) is 28.7 Å². The van der Waals surface area contributed by atoms with Crippen molar-refractivity contribution in [3.05, 3.63) is 41.5 Å². The molecular formula is C21H28N8O2. The average molecular weight is 425 g/mol. The van der Waals surface area contributed by atoms with Gasteiger partial charge in [-0.25, -0.2) is 9.97 Å². The van der Waals surface area contributed by atoms with Crippen LogP contribution >= 0.6 is 0 Å². The molecule has 164 valence electrons. The monoisotopic (exact) mass is 424 g/mol. The molecule has 10 heteroatoms. The molecule has 0 saturated heterocycles. The number of carbonyl (C=O) groups is 1. The Kier molecular flexibility index (Phi) is 5.62. The van der Waals surface area contributed by atoms with Crippen LogP contribution in [0.1, 0.15) is 56.0 Å². The standard InChI is InChI=1S/C21H28N8O2/c1-6-16-19(30)26-17-13(4)25-21(27-18(17)28(16)5)23-7-14-8-24-29(10-14)11-15-9-22-20(31-15)12(2)3/h8-10,12,16H,6-7,11H2,1-5H3,(H,26,30)(H,23,25,27). The fourth-order valence-electron chi connectivity index (χ4n) is 3.62. The summed E-state index contributed by atoms with van der Waals surface area (Å²) in [5.74, 6) is 2.98. The van der Waals surface area contributed by atoms with Gasteiger partial charge in [-0.05, 0) is 13.3 Å². The molecule has 3 aromatic rings. The van der Waals surface area contributed by atoms with Gasteiger partial charge in [-0.1, -0.05) is 20.8 Å². The first-order valence-electron chi connectivity index (χ1n) is 10.5. The fourth-order valence-corrected chi connectivity index (χ4v) is 3.62. The van der Waals surface area contributed by atoms with Crippen LogP contribution in [0.25, 0.3) is 0 Å². The van der Waals surface area contributed by atoms with Gasteiger partial charge in [0.1, 0.15) is 24.0 Å². The maximum Gasteiger partial charge on any atom is 0.247 e. The maximum absolute atomic E-state index is 12.3. The van der Waals surface area contributed by atoms with Crippen LogP contribution in [0.2, 0.25) is 0 Å². The van der Waals surface area contributed by atoms with Crippen LogP contribution in [-0.4, -0.2) is 43.7 Å². The molecule has 4 rings (SSSR count). The number of anilines is 3. The second kappa shape index (κ2) is 8.37. The van der Waals surface area contributed by atoms with Crippen LogP contribution in [0.15, 0.2) is 23.0 Å². The number of nitrogens with one attached hydrogen (secondary N) is 2. The quantitative estimate of drug-likeness (QED) is 0.595. The highest BCUT2D eigenvalue weighted by atomic mass is 16.4. The normalized spacial score (nSPS) is 15.9. The highest BCUT2D eigenvalue weighted by molar-refractivity contribution is 6.03. The Bertz CT molecular complexity index is 1090. The Hall–Kier alpha value is -3.43. The zero-order valence-corrected chi connectivity index (χ0v) is 18.5. The summed E-state index contributed by atoms with van der Waals surface area (Å²) in [5, 5.41) is 10.6. The van der Waals surface area contributed by atoms with Crippen molar-refractivity contribution in [1.29, 1.82) is 0 Å². The van der Waals surface area contributed by atoms with E-state index in [1.165, 1.54) is 0 Å². The summed E-state index contributed by atoms with van der Waals surface area (Å²) in [4.78, 5) is 27.6. The fraction of sp³-hybridized carbons (Fsp3) is 0.476. The lowest BCUT2D eigenvalue weighted by Crippen LogP contribution is -2.46. The summed E-state index contributed by atoms with van der Waals surface area (Å²) in [5.41, 5.74) is 2.39. The van der Waals surface area contributed by atoms with Crippen LogP contribution in [0.4, 0.5) is 17.5 Å². The number of aryl methyl sites for hydroxylation is 1. The first kappa shape index (κ1) is 20.8. The van der Waals surface area contributed by atoms with Crippen molar-refractivity contribution < 1.29 is 9.21 Å². The van der Waals surface area contributed by atoms with Crippen LogP contribution < -0.4 is 15.5 Å². The van der Waals surface area contributed by atoms with Gasteiger partial charge in [-0.3, -0.25) is 9.48 Å². The Morgan fingerprint density at radius 2 is 2.10 bits per heavy atom. The van der Waals surface area contributed by atoms with E-state index >= 15 is 0 Å². The first-order valence-corrected chi connectivity index (χ1v) is 10.5. The predicted molar refractivity (Wildman–Crippen MR) is 117 cm³/mol. The van der Waals surface area contributed by atoms with Gasteiger partial charge >= 0.3 is 0 Å². The Morgan fingerprint density at radius 3 is 2.81 bits per heavy atom. The SMILES string of the molecule is CCC1C(=O)Nc2c(C)nc(NCc3cnn(Cc4cnc(C(C)C)o4)c3)nc2N1C. The number of aromatic nitrogens is 5. The van der Waals surface area contributed by atoms with Gasteiger partial charge in [0.05, 0.1) is 18.1 Å². The van der Waals surface area contributed by atoms with Crippen molar-refractivity contribution in [2.24, 2.45) is 0 Å². The molecule has 1 amide bonds. The van der Waals surface area contributed by atoms with E-state index in [4.69, 9.17) is 4.42 Å². The molecule has 1 aliphatic rings. The van der Waals surface area contributed by atoms with Gasteiger partial charge in [0.15, 0.2) is 11.7 Å². The minimum absolute atomic E-state index is 0.0235. The molecule has 0 bridgehead atoms. The lowest BCUT2D eigenvalue weighted by molar-refractivity contribution is -0.117. The largest absolute Gasteiger partial charge is 0.443 e. The molecule has 0 saturated carbocycles. The molecule has 2 N–H and O–H groups in total. The van der Waals surface area contributed by atoms with Crippen molar-refractivity contribution in [1.82, 2.24) is 24.7 Å². The Balaban J connectivity index is 1.43. The summed E-state index contributed by atoms with van der Waals surface area (Å²) in [6.45, 7) is 9.00. The third-order valence-electron chi connectivity index (χ3n) is 5.33. The minimum Gasteiger partial charge on any atom is -0.443 e. The summed E-state index contributed by atoms with van der Waals surface area (Å²) >= 11 is 0. The number of fused-ring (bicyclic) bond motifs is 1. The highest BCUT2D eigenvalue weighted by Gasteiger charge is 2.32. The highest BCUT2D eigenvalue weighted by Crippen LogP contribution is 2.33. The van der Waals surface area contributed by atoms with Crippen LogP contribution in [0.3, 0.4) is 0 Å². The van der Waals surface area contributed by atoms with E-state index in [0.29, 0.717) is 31.1 Å². The van der Waals surface area contributed by atoms with Crippen LogP contribution in [0, 0.1) is 6.92 Å². The van der Waals surface area contributed by atoms with Crippen LogP contribution in [-0.2, 0) is 17.9 Å². The second-order valence-corrected chi connectivity index (χ2v) is 8.07. The van der Waals surface area contributed by atoms with Crippen LogP contribution in [0.5, 0.6) is 0 Å². The summed E-state index contributed by atoms with van der Waals surface area (Å²) in [6.07, 6.45) is 6.21. The molecule has 1 atom stereocenters. The summed E-state index contributed by atoms with van der Waals surface area (Å²) in [6, 6.07) is -0.236. The molecule has 1 unspecified atom stereocenters. The van der Waals surface area contributed by atoms with E-state index in [-0.39, 0.29) is 17.9 Å². The van der Waals surface area contributed by atoms with Crippen molar-refractivity contribution in [2.45, 2.75) is 59.2 Å². The third-order valence-corrected chi connectivity index (χ3v) is 5.33. The lowest BCUT2D eigenvalue weighted by Gasteiger charge is -2.34. The van der Waals surface area contributed by atoms with Crippen molar-refractivity contribution in [2.75, 3.05) is 22.6 Å². The zero-order valence-electron chi connectivity index (χ0n) is 18.5. The maximum atomic E-state index is 12.3. The molecule has 0 fully saturated rings. The number of hydrogen-bond acceptors (Lipinski definition) is 8. The molecule has 0 aliphatic carbocycles. The Labute approximate surface area is 181 Å². The van der Waals surface area contributed by atoms with Crippen molar-refractivity contribution >= 4 is 23.4 Å².